The highest BCUT2D eigenvalue weighted by Crippen LogP contribution is 2.47. The molecule has 0 saturated carbocycles. The summed E-state index contributed by atoms with van der Waals surface area (Å²) in [5, 5.41) is 2.82. The number of piperidine rings is 1. The second-order valence-electron chi connectivity index (χ2n) is 7.75. The van der Waals surface area contributed by atoms with Crippen LogP contribution >= 0.6 is 11.8 Å². The summed E-state index contributed by atoms with van der Waals surface area (Å²) in [6, 6.07) is 5.87. The average Bonchev–Trinajstić information content (AvgIpc) is 3.18. The molecule has 1 N–H and O–H groups in total. The van der Waals surface area contributed by atoms with Gasteiger partial charge in [-0.3, -0.25) is 9.59 Å². The largest absolute Gasteiger partial charge is 0.324 e. The number of amides is 2. The van der Waals surface area contributed by atoms with Crippen LogP contribution in [-0.4, -0.2) is 59.2 Å². The molecule has 1 aromatic rings. The molecule has 0 spiro atoms. The molecule has 0 aromatic heterocycles. The third kappa shape index (κ3) is 3.44. The van der Waals surface area contributed by atoms with Crippen molar-refractivity contribution in [2.24, 2.45) is 0 Å². The van der Waals surface area contributed by atoms with Gasteiger partial charge >= 0.3 is 0 Å². The van der Waals surface area contributed by atoms with Crippen molar-refractivity contribution in [3.63, 3.8) is 0 Å². The molecule has 2 amide bonds. The fourth-order valence-corrected chi connectivity index (χ4v) is 7.22. The van der Waals surface area contributed by atoms with E-state index in [4.69, 9.17) is 0 Å². The first kappa shape index (κ1) is 19.7. The second-order valence-corrected chi connectivity index (χ2v) is 11.2. The molecule has 4 rings (SSSR count). The SMILES string of the molecule is C[C@]12CCC(=O)N1[C@H](C(=O)Nc1cccc(S(=O)(=O)N3CCCCC3)c1)CS2. The van der Waals surface area contributed by atoms with Crippen molar-refractivity contribution in [2.75, 3.05) is 24.2 Å². The zero-order valence-corrected chi connectivity index (χ0v) is 17.5. The van der Waals surface area contributed by atoms with Gasteiger partial charge in [0.25, 0.3) is 0 Å². The Hall–Kier alpha value is -1.58. The number of fused-ring (bicyclic) bond motifs is 1. The van der Waals surface area contributed by atoms with E-state index in [-0.39, 0.29) is 21.6 Å². The number of hydrogen-bond donors (Lipinski definition) is 1. The molecule has 3 aliphatic heterocycles. The van der Waals surface area contributed by atoms with Crippen LogP contribution in [0, 0.1) is 0 Å². The summed E-state index contributed by atoms with van der Waals surface area (Å²) < 4.78 is 27.3. The van der Waals surface area contributed by atoms with E-state index in [9.17, 15) is 18.0 Å². The van der Waals surface area contributed by atoms with Gasteiger partial charge < -0.3 is 10.2 Å². The molecule has 3 heterocycles. The maximum absolute atomic E-state index is 12.9. The molecule has 152 valence electrons. The topological polar surface area (TPSA) is 86.8 Å². The minimum Gasteiger partial charge on any atom is -0.324 e. The van der Waals surface area contributed by atoms with Gasteiger partial charge in [-0.2, -0.15) is 4.31 Å². The maximum Gasteiger partial charge on any atom is 0.248 e. The number of thioether (sulfide) groups is 1. The van der Waals surface area contributed by atoms with E-state index < -0.39 is 16.1 Å². The van der Waals surface area contributed by atoms with Crippen molar-refractivity contribution in [1.29, 1.82) is 0 Å². The van der Waals surface area contributed by atoms with E-state index in [1.807, 2.05) is 6.92 Å². The summed E-state index contributed by atoms with van der Waals surface area (Å²) in [5.74, 6) is 0.299. The Labute approximate surface area is 169 Å². The minimum absolute atomic E-state index is 0.00840. The van der Waals surface area contributed by atoms with Crippen LogP contribution in [0.5, 0.6) is 0 Å². The first-order valence-electron chi connectivity index (χ1n) is 9.68. The van der Waals surface area contributed by atoms with Gasteiger partial charge in [0, 0.05) is 31.0 Å². The number of benzene rings is 1. The van der Waals surface area contributed by atoms with Gasteiger partial charge in [-0.05, 0) is 44.4 Å². The van der Waals surface area contributed by atoms with Crippen molar-refractivity contribution in [3.8, 4) is 0 Å². The zero-order chi connectivity index (χ0) is 19.9. The first-order valence-corrected chi connectivity index (χ1v) is 12.1. The van der Waals surface area contributed by atoms with Gasteiger partial charge in [0.1, 0.15) is 6.04 Å². The van der Waals surface area contributed by atoms with E-state index in [0.717, 1.165) is 25.7 Å². The summed E-state index contributed by atoms with van der Waals surface area (Å²) in [5.41, 5.74) is 0.438. The molecule has 2 atom stereocenters. The Bertz CT molecular complexity index is 898. The minimum atomic E-state index is -3.56. The van der Waals surface area contributed by atoms with Crippen molar-refractivity contribution in [3.05, 3.63) is 24.3 Å². The van der Waals surface area contributed by atoms with Crippen LogP contribution < -0.4 is 5.32 Å². The highest BCUT2D eigenvalue weighted by Gasteiger charge is 2.52. The van der Waals surface area contributed by atoms with Gasteiger partial charge in [-0.1, -0.05) is 12.5 Å². The lowest BCUT2D eigenvalue weighted by molar-refractivity contribution is -0.135. The van der Waals surface area contributed by atoms with Gasteiger partial charge in [0.2, 0.25) is 21.8 Å². The fraction of sp³-hybridized carbons (Fsp3) is 0.579. The van der Waals surface area contributed by atoms with Crippen LogP contribution in [0.2, 0.25) is 0 Å². The Morgan fingerprint density at radius 2 is 2.00 bits per heavy atom. The van der Waals surface area contributed by atoms with Crippen LogP contribution in [0.15, 0.2) is 29.2 Å². The number of carbonyl (C=O) groups excluding carboxylic acids is 2. The van der Waals surface area contributed by atoms with E-state index >= 15 is 0 Å². The normalized spacial score (nSPS) is 28.4. The zero-order valence-electron chi connectivity index (χ0n) is 15.9. The van der Waals surface area contributed by atoms with Crippen molar-refractivity contribution in [1.82, 2.24) is 9.21 Å². The fourth-order valence-electron chi connectivity index (χ4n) is 4.23. The summed E-state index contributed by atoms with van der Waals surface area (Å²) in [7, 11) is -3.56. The summed E-state index contributed by atoms with van der Waals surface area (Å²) in [4.78, 5) is 26.6. The summed E-state index contributed by atoms with van der Waals surface area (Å²) in [6.45, 7) is 3.07. The molecular formula is C19H25N3O4S2. The Morgan fingerprint density at radius 3 is 2.75 bits per heavy atom. The number of nitrogens with zero attached hydrogens (tertiary/aromatic N) is 2. The lowest BCUT2D eigenvalue weighted by Gasteiger charge is -2.30. The van der Waals surface area contributed by atoms with E-state index in [2.05, 4.69) is 5.32 Å². The predicted molar refractivity (Wildman–Crippen MR) is 108 cm³/mol. The second kappa shape index (κ2) is 7.35. The van der Waals surface area contributed by atoms with E-state index in [1.165, 1.54) is 10.4 Å². The van der Waals surface area contributed by atoms with Crippen LogP contribution in [0.3, 0.4) is 0 Å². The highest BCUT2D eigenvalue weighted by atomic mass is 32.2. The standard InChI is InChI=1S/C19H25N3O4S2/c1-19-9-8-17(23)22(19)16(13-27-19)18(24)20-14-6-5-7-15(12-14)28(25,26)21-10-3-2-4-11-21/h5-7,12,16H,2-4,8-11,13H2,1H3,(H,20,24)/t16-,19-/m0/s1. The molecule has 0 aliphatic carbocycles. The first-order chi connectivity index (χ1) is 13.3. The molecule has 3 fully saturated rings. The molecule has 0 unspecified atom stereocenters. The maximum atomic E-state index is 12.9. The van der Waals surface area contributed by atoms with E-state index in [0.29, 0.717) is 31.0 Å². The Kier molecular flexibility index (Phi) is 5.18. The molecule has 1 aromatic carbocycles. The van der Waals surface area contributed by atoms with Gasteiger partial charge in [-0.15, -0.1) is 11.8 Å². The molecule has 0 bridgehead atoms. The van der Waals surface area contributed by atoms with Gasteiger partial charge in [-0.25, -0.2) is 8.42 Å². The third-order valence-electron chi connectivity index (χ3n) is 5.80. The number of nitrogens with one attached hydrogen (secondary N) is 1. The van der Waals surface area contributed by atoms with Crippen molar-refractivity contribution in [2.45, 2.75) is 54.8 Å². The number of hydrogen-bond acceptors (Lipinski definition) is 5. The number of rotatable bonds is 4. The quantitative estimate of drug-likeness (QED) is 0.803. The molecular weight excluding hydrogens is 398 g/mol. The number of carbonyl (C=O) groups is 2. The van der Waals surface area contributed by atoms with Crippen LogP contribution in [0.4, 0.5) is 5.69 Å². The molecule has 3 saturated heterocycles. The Balaban J connectivity index is 1.51. The molecule has 0 radical (unpaired) electrons. The van der Waals surface area contributed by atoms with Crippen molar-refractivity contribution < 1.29 is 18.0 Å². The smallest absolute Gasteiger partial charge is 0.248 e. The predicted octanol–water partition coefficient (Wildman–Crippen LogP) is 2.25. The number of anilines is 1. The monoisotopic (exact) mass is 423 g/mol. The lowest BCUT2D eigenvalue weighted by Crippen LogP contribution is -2.48. The van der Waals surface area contributed by atoms with E-state index in [1.54, 1.807) is 34.9 Å². The molecule has 28 heavy (non-hydrogen) atoms. The van der Waals surface area contributed by atoms with Crippen LogP contribution in [-0.2, 0) is 19.6 Å². The third-order valence-corrected chi connectivity index (χ3v) is 9.20. The molecule has 9 heteroatoms. The highest BCUT2D eigenvalue weighted by molar-refractivity contribution is 8.01. The van der Waals surface area contributed by atoms with Gasteiger partial charge in [0.15, 0.2) is 0 Å². The molecule has 7 nitrogen and oxygen atoms in total. The summed E-state index contributed by atoms with van der Waals surface area (Å²) >= 11 is 1.63. The van der Waals surface area contributed by atoms with Crippen LogP contribution in [0.1, 0.15) is 39.0 Å². The van der Waals surface area contributed by atoms with Crippen LogP contribution in [0.25, 0.3) is 0 Å². The molecule has 3 aliphatic rings. The Morgan fingerprint density at radius 1 is 1.25 bits per heavy atom. The average molecular weight is 424 g/mol. The van der Waals surface area contributed by atoms with Crippen molar-refractivity contribution >= 4 is 39.3 Å². The van der Waals surface area contributed by atoms with Gasteiger partial charge in [0.05, 0.1) is 9.77 Å². The number of sulfonamides is 1. The summed E-state index contributed by atoms with van der Waals surface area (Å²) in [6.07, 6.45) is 4.02. The lowest BCUT2D eigenvalue weighted by atomic mass is 10.2.